The van der Waals surface area contributed by atoms with E-state index in [1.807, 2.05) is 4.90 Å². The van der Waals surface area contributed by atoms with E-state index in [2.05, 4.69) is 20.3 Å². The normalized spacial score (nSPS) is 16.2. The molecule has 4 rings (SSSR count). The molecule has 14 heteroatoms. The molecule has 37 heavy (non-hydrogen) atoms. The molecule has 2 aliphatic rings. The van der Waals surface area contributed by atoms with Crippen LogP contribution in [0.3, 0.4) is 0 Å². The molecule has 1 saturated heterocycles. The molecule has 0 saturated carbocycles. The largest absolute Gasteiger partial charge is 0.493 e. The molecule has 0 radical (unpaired) electrons. The number of hydrogen-bond acceptors (Lipinski definition) is 10. The average Bonchev–Trinajstić information content (AvgIpc) is 2.92. The highest BCUT2D eigenvalue weighted by molar-refractivity contribution is 5.83. The molecule has 0 aliphatic carbocycles. The van der Waals surface area contributed by atoms with Gasteiger partial charge in [0.2, 0.25) is 17.6 Å². The molecule has 1 aromatic heterocycles. The van der Waals surface area contributed by atoms with Crippen molar-refractivity contribution < 1.29 is 36.9 Å². The maximum absolute atomic E-state index is 12.8. The fourth-order valence-corrected chi connectivity index (χ4v) is 3.99. The van der Waals surface area contributed by atoms with Crippen LogP contribution < -0.4 is 24.4 Å². The molecule has 0 atom stereocenters. The standard InChI is InChI=1S/C23H27F3N6O5/c1-34-16-12-15(13-17(35-2)18(16)36-3)27-21-28-19(29-22(30-21)32-8-10-37-11-9-32)14-4-6-31(7-5-14)20(33)23(24,25)26/h4,12-13H,5-11H2,1-3H3,(H,27,28,29,30). The quantitative estimate of drug-likeness (QED) is 0.580. The maximum Gasteiger partial charge on any atom is 0.471 e. The molecule has 2 aliphatic heterocycles. The topological polar surface area (TPSA) is 111 Å². The molecule has 1 aromatic carbocycles. The molecule has 0 unspecified atom stereocenters. The first kappa shape index (κ1) is 26.3. The number of amides is 1. The second-order valence-electron chi connectivity index (χ2n) is 8.15. The summed E-state index contributed by atoms with van der Waals surface area (Å²) in [5.41, 5.74) is 1.18. The second-order valence-corrected chi connectivity index (χ2v) is 8.15. The van der Waals surface area contributed by atoms with E-state index in [0.29, 0.717) is 66.6 Å². The minimum absolute atomic E-state index is 0.0988. The van der Waals surface area contributed by atoms with E-state index >= 15 is 0 Å². The van der Waals surface area contributed by atoms with E-state index in [0.717, 1.165) is 4.90 Å². The molecule has 2 aromatic rings. The van der Waals surface area contributed by atoms with Gasteiger partial charge in [-0.25, -0.2) is 0 Å². The van der Waals surface area contributed by atoms with E-state index in [-0.39, 0.29) is 25.5 Å². The first-order valence-corrected chi connectivity index (χ1v) is 11.4. The van der Waals surface area contributed by atoms with Crippen molar-refractivity contribution in [2.75, 3.05) is 70.9 Å². The van der Waals surface area contributed by atoms with Crippen LogP contribution in [0.5, 0.6) is 17.2 Å². The molecule has 11 nitrogen and oxygen atoms in total. The van der Waals surface area contributed by atoms with Crippen molar-refractivity contribution in [1.82, 2.24) is 19.9 Å². The van der Waals surface area contributed by atoms with Crippen molar-refractivity contribution in [3.63, 3.8) is 0 Å². The third-order valence-electron chi connectivity index (χ3n) is 5.86. The van der Waals surface area contributed by atoms with E-state index in [4.69, 9.17) is 18.9 Å². The summed E-state index contributed by atoms with van der Waals surface area (Å²) in [5, 5.41) is 3.13. The Hall–Kier alpha value is -3.81. The van der Waals surface area contributed by atoms with Gasteiger partial charge in [-0.1, -0.05) is 6.08 Å². The molecule has 3 heterocycles. The van der Waals surface area contributed by atoms with Crippen molar-refractivity contribution in [2.45, 2.75) is 12.6 Å². The Morgan fingerprint density at radius 2 is 1.68 bits per heavy atom. The maximum atomic E-state index is 12.8. The van der Waals surface area contributed by atoms with Crippen molar-refractivity contribution in [3.8, 4) is 17.2 Å². The minimum atomic E-state index is -4.92. The summed E-state index contributed by atoms with van der Waals surface area (Å²) >= 11 is 0. The van der Waals surface area contributed by atoms with Crippen LogP contribution in [0, 0.1) is 0 Å². The third kappa shape index (κ3) is 5.96. The minimum Gasteiger partial charge on any atom is -0.493 e. The molecule has 1 amide bonds. The van der Waals surface area contributed by atoms with E-state index in [1.54, 1.807) is 12.1 Å². The molecule has 200 valence electrons. The van der Waals surface area contributed by atoms with Crippen LogP contribution in [0.4, 0.5) is 30.8 Å². The number of morpholine rings is 1. The number of nitrogens with one attached hydrogen (secondary N) is 1. The Bertz CT molecular complexity index is 1150. The third-order valence-corrected chi connectivity index (χ3v) is 5.86. The predicted molar refractivity (Wildman–Crippen MR) is 127 cm³/mol. The van der Waals surface area contributed by atoms with E-state index in [9.17, 15) is 18.0 Å². The number of hydrogen-bond donors (Lipinski definition) is 1. The Balaban J connectivity index is 1.67. The predicted octanol–water partition coefficient (Wildman–Crippen LogP) is 2.66. The lowest BCUT2D eigenvalue weighted by Crippen LogP contribution is -2.43. The summed E-state index contributed by atoms with van der Waals surface area (Å²) in [7, 11) is 4.50. The average molecular weight is 525 g/mol. The number of carbonyl (C=O) groups is 1. The number of rotatable bonds is 7. The van der Waals surface area contributed by atoms with Crippen molar-refractivity contribution >= 4 is 29.1 Å². The highest BCUT2D eigenvalue weighted by Crippen LogP contribution is 2.40. The number of aromatic nitrogens is 3. The van der Waals surface area contributed by atoms with Gasteiger partial charge in [0.25, 0.3) is 0 Å². The number of alkyl halides is 3. The Labute approximate surface area is 211 Å². The number of nitrogens with zero attached hydrogens (tertiary/aromatic N) is 5. The number of carbonyl (C=O) groups excluding carboxylic acids is 1. The number of ether oxygens (including phenoxy) is 4. The van der Waals surface area contributed by atoms with Gasteiger partial charge >= 0.3 is 12.1 Å². The molecule has 0 bridgehead atoms. The van der Waals surface area contributed by atoms with Crippen LogP contribution in [-0.4, -0.2) is 92.7 Å². The van der Waals surface area contributed by atoms with E-state index < -0.39 is 12.1 Å². The summed E-state index contributed by atoms with van der Waals surface area (Å²) in [5.74, 6) is 0.343. The lowest BCUT2D eigenvalue weighted by molar-refractivity contribution is -0.185. The summed E-state index contributed by atoms with van der Waals surface area (Å²) in [6.07, 6.45) is -3.22. The first-order chi connectivity index (χ1) is 17.7. The second kappa shape index (κ2) is 11.1. The smallest absolute Gasteiger partial charge is 0.471 e. The lowest BCUT2D eigenvalue weighted by atomic mass is 10.1. The number of benzene rings is 1. The monoisotopic (exact) mass is 524 g/mol. The summed E-state index contributed by atoms with van der Waals surface area (Å²) in [6.45, 7) is 1.86. The zero-order valence-corrected chi connectivity index (χ0v) is 20.6. The Morgan fingerprint density at radius 3 is 2.22 bits per heavy atom. The van der Waals surface area contributed by atoms with Crippen LogP contribution >= 0.6 is 0 Å². The van der Waals surface area contributed by atoms with Gasteiger partial charge in [0.05, 0.1) is 34.5 Å². The van der Waals surface area contributed by atoms with Gasteiger partial charge in [0, 0.05) is 44.0 Å². The van der Waals surface area contributed by atoms with Crippen molar-refractivity contribution in [3.05, 3.63) is 24.0 Å². The van der Waals surface area contributed by atoms with Crippen molar-refractivity contribution in [2.24, 2.45) is 0 Å². The Kier molecular flexibility index (Phi) is 7.86. The fraction of sp³-hybridized carbons (Fsp3) is 0.478. The van der Waals surface area contributed by atoms with Crippen LogP contribution in [0.1, 0.15) is 12.2 Å². The number of halogens is 3. The SMILES string of the molecule is COc1cc(Nc2nc(C3=CCN(C(=O)C(F)(F)F)CC3)nc(N3CCOCC3)n2)cc(OC)c1OC. The summed E-state index contributed by atoms with van der Waals surface area (Å²) in [4.78, 5) is 28.0. The Morgan fingerprint density at radius 1 is 1.00 bits per heavy atom. The highest BCUT2D eigenvalue weighted by atomic mass is 19.4. The van der Waals surface area contributed by atoms with Crippen molar-refractivity contribution in [1.29, 1.82) is 0 Å². The highest BCUT2D eigenvalue weighted by Gasteiger charge is 2.42. The van der Waals surface area contributed by atoms with E-state index in [1.165, 1.54) is 27.4 Å². The van der Waals surface area contributed by atoms with Crippen LogP contribution in [0.15, 0.2) is 18.2 Å². The van der Waals surface area contributed by atoms with Gasteiger partial charge < -0.3 is 34.1 Å². The molecule has 0 spiro atoms. The lowest BCUT2D eigenvalue weighted by Gasteiger charge is -2.28. The zero-order valence-electron chi connectivity index (χ0n) is 20.6. The number of methoxy groups -OCH3 is 3. The first-order valence-electron chi connectivity index (χ1n) is 11.4. The molecular formula is C23H27F3N6O5. The summed E-state index contributed by atoms with van der Waals surface area (Å²) in [6, 6.07) is 3.39. The molecule has 1 N–H and O–H groups in total. The van der Waals surface area contributed by atoms with Crippen LogP contribution in [0.25, 0.3) is 5.57 Å². The van der Waals surface area contributed by atoms with Gasteiger partial charge in [-0.05, 0) is 12.0 Å². The number of anilines is 3. The van der Waals surface area contributed by atoms with Gasteiger partial charge in [-0.3, -0.25) is 4.79 Å². The van der Waals surface area contributed by atoms with Crippen LogP contribution in [0.2, 0.25) is 0 Å². The van der Waals surface area contributed by atoms with Gasteiger partial charge in [-0.2, -0.15) is 28.1 Å². The molecular weight excluding hydrogens is 497 g/mol. The van der Waals surface area contributed by atoms with Gasteiger partial charge in [-0.15, -0.1) is 0 Å². The zero-order chi connectivity index (χ0) is 26.6. The van der Waals surface area contributed by atoms with Crippen LogP contribution in [-0.2, 0) is 9.53 Å². The molecule has 1 fully saturated rings. The van der Waals surface area contributed by atoms with Gasteiger partial charge in [0.15, 0.2) is 17.3 Å². The summed E-state index contributed by atoms with van der Waals surface area (Å²) < 4.78 is 60.1. The fourth-order valence-electron chi connectivity index (χ4n) is 3.99. The van der Waals surface area contributed by atoms with Gasteiger partial charge in [0.1, 0.15) is 0 Å².